The molecule has 1 heterocycles. The number of halogens is 1. The lowest BCUT2D eigenvalue weighted by Crippen LogP contribution is -2.54. The Hall–Kier alpha value is -4.86. The van der Waals surface area contributed by atoms with Crippen molar-refractivity contribution in [1.82, 2.24) is 5.32 Å². The van der Waals surface area contributed by atoms with Gasteiger partial charge in [0.25, 0.3) is 17.5 Å². The van der Waals surface area contributed by atoms with E-state index in [-0.39, 0.29) is 23.7 Å². The van der Waals surface area contributed by atoms with Gasteiger partial charge in [0.05, 0.1) is 10.6 Å². The van der Waals surface area contributed by atoms with Gasteiger partial charge in [-0.1, -0.05) is 42.5 Å². The van der Waals surface area contributed by atoms with Gasteiger partial charge in [0.15, 0.2) is 0 Å². The smallest absolute Gasteiger partial charge is 0.336 e. The molecule has 0 atom stereocenters. The maximum atomic E-state index is 14.2. The highest BCUT2D eigenvalue weighted by molar-refractivity contribution is 6.39. The van der Waals surface area contributed by atoms with E-state index in [1.54, 1.807) is 30.3 Å². The highest BCUT2D eigenvalue weighted by atomic mass is 19.1. The first-order valence-corrected chi connectivity index (χ1v) is 9.96. The van der Waals surface area contributed by atoms with Crippen molar-refractivity contribution < 1.29 is 28.4 Å². The van der Waals surface area contributed by atoms with E-state index < -0.39 is 34.2 Å². The van der Waals surface area contributed by atoms with Crippen molar-refractivity contribution in [3.05, 3.63) is 105 Å². The highest BCUT2D eigenvalue weighted by Crippen LogP contribution is 2.27. The zero-order valence-electron chi connectivity index (χ0n) is 17.4. The van der Waals surface area contributed by atoms with Crippen LogP contribution in [0.3, 0.4) is 0 Å². The van der Waals surface area contributed by atoms with Crippen LogP contribution in [0.2, 0.25) is 0 Å². The topological polar surface area (TPSA) is 119 Å². The van der Waals surface area contributed by atoms with Gasteiger partial charge in [-0.15, -0.1) is 0 Å². The molecule has 3 aromatic carbocycles. The number of amides is 4. The molecule has 0 spiro atoms. The molecule has 9 nitrogen and oxygen atoms in total. The molecule has 1 fully saturated rings. The molecular weight excluding hydrogens is 445 g/mol. The molecule has 3 aromatic rings. The first-order chi connectivity index (χ1) is 16.3. The van der Waals surface area contributed by atoms with Crippen LogP contribution in [0, 0.1) is 15.9 Å². The minimum atomic E-state index is -1.06. The minimum absolute atomic E-state index is 0.0121. The Kier molecular flexibility index (Phi) is 6.13. The summed E-state index contributed by atoms with van der Waals surface area (Å²) in [7, 11) is 0. The maximum Gasteiger partial charge on any atom is 0.336 e. The van der Waals surface area contributed by atoms with Crippen molar-refractivity contribution in [1.29, 1.82) is 0 Å². The molecule has 0 radical (unpaired) electrons. The van der Waals surface area contributed by atoms with Crippen molar-refractivity contribution in [2.24, 2.45) is 0 Å². The summed E-state index contributed by atoms with van der Waals surface area (Å²) < 4.78 is 20.0. The Morgan fingerprint density at radius 1 is 1.00 bits per heavy atom. The van der Waals surface area contributed by atoms with E-state index in [1.807, 2.05) is 5.32 Å². The van der Waals surface area contributed by atoms with Crippen LogP contribution >= 0.6 is 0 Å². The van der Waals surface area contributed by atoms with Crippen LogP contribution in [-0.4, -0.2) is 22.8 Å². The lowest BCUT2D eigenvalue weighted by atomic mass is 10.1. The van der Waals surface area contributed by atoms with Gasteiger partial charge < -0.3 is 4.74 Å². The van der Waals surface area contributed by atoms with Gasteiger partial charge in [-0.2, -0.15) is 0 Å². The predicted octanol–water partition coefficient (Wildman–Crippen LogP) is 3.98. The van der Waals surface area contributed by atoms with Crippen molar-refractivity contribution in [3.63, 3.8) is 0 Å². The monoisotopic (exact) mass is 461 g/mol. The number of barbiturate groups is 1. The van der Waals surface area contributed by atoms with Crippen LogP contribution in [0.1, 0.15) is 11.1 Å². The molecule has 10 heteroatoms. The number of rotatable bonds is 6. The molecule has 1 aliphatic rings. The number of nitrogens with one attached hydrogen (secondary N) is 1. The third-order valence-electron chi connectivity index (χ3n) is 4.93. The number of urea groups is 1. The fourth-order valence-electron chi connectivity index (χ4n) is 3.32. The quantitative estimate of drug-likeness (QED) is 0.257. The lowest BCUT2D eigenvalue weighted by molar-refractivity contribution is -0.384. The van der Waals surface area contributed by atoms with Crippen LogP contribution in [0.5, 0.6) is 5.75 Å². The molecule has 0 aliphatic carbocycles. The first-order valence-electron chi connectivity index (χ1n) is 9.96. The average Bonchev–Trinajstić information content (AvgIpc) is 2.82. The van der Waals surface area contributed by atoms with Crippen molar-refractivity contribution >= 4 is 35.3 Å². The molecule has 170 valence electrons. The van der Waals surface area contributed by atoms with Crippen molar-refractivity contribution in [3.8, 4) is 5.75 Å². The number of hydrogen-bond donors (Lipinski definition) is 1. The number of hydrogen-bond acceptors (Lipinski definition) is 6. The SMILES string of the molecule is O=C1NC(=O)N(c2ccccc2F)C(=O)/C1=C\c1ccccc1OCc1cccc([N+](=O)[O-])c1. The standard InChI is InChI=1S/C24H16FN3O6/c25-19-9-2-3-10-20(19)27-23(30)18(22(29)26-24(27)31)13-16-7-1-4-11-21(16)34-14-15-6-5-8-17(12-15)28(32)33/h1-13H,14H2,(H,26,29,31)/b18-13-. The minimum Gasteiger partial charge on any atom is -0.488 e. The maximum absolute atomic E-state index is 14.2. The fourth-order valence-corrected chi connectivity index (χ4v) is 3.32. The number of nitro benzene ring substituents is 1. The van der Waals surface area contributed by atoms with Gasteiger partial charge in [-0.25, -0.2) is 14.1 Å². The van der Waals surface area contributed by atoms with Crippen LogP contribution < -0.4 is 15.0 Å². The molecular formula is C24H16FN3O6. The Balaban J connectivity index is 1.63. The summed E-state index contributed by atoms with van der Waals surface area (Å²) in [6.45, 7) is -0.0121. The normalized spacial score (nSPS) is 14.8. The van der Waals surface area contributed by atoms with E-state index in [0.29, 0.717) is 16.0 Å². The molecule has 0 unspecified atom stereocenters. The number of carbonyl (C=O) groups excluding carboxylic acids is 3. The Morgan fingerprint density at radius 3 is 2.50 bits per heavy atom. The van der Waals surface area contributed by atoms with Gasteiger partial charge in [-0.3, -0.25) is 25.0 Å². The summed E-state index contributed by atoms with van der Waals surface area (Å²) in [4.78, 5) is 48.7. The number of ether oxygens (including phenoxy) is 1. The number of para-hydroxylation sites is 2. The largest absolute Gasteiger partial charge is 0.488 e. The van der Waals surface area contributed by atoms with Gasteiger partial charge in [0, 0.05) is 17.7 Å². The molecule has 1 saturated heterocycles. The number of nitrogens with zero attached hydrogens (tertiary/aromatic N) is 2. The Morgan fingerprint density at radius 2 is 1.74 bits per heavy atom. The van der Waals surface area contributed by atoms with Crippen LogP contribution in [0.4, 0.5) is 20.6 Å². The summed E-state index contributed by atoms with van der Waals surface area (Å²) >= 11 is 0. The fraction of sp³-hybridized carbons (Fsp3) is 0.0417. The Labute approximate surface area is 192 Å². The number of benzene rings is 3. The van der Waals surface area contributed by atoms with Crippen LogP contribution in [0.15, 0.2) is 78.4 Å². The Bertz CT molecular complexity index is 1350. The molecule has 1 N–H and O–H groups in total. The molecule has 1 aliphatic heterocycles. The van der Waals surface area contributed by atoms with Gasteiger partial charge in [0.2, 0.25) is 0 Å². The second kappa shape index (κ2) is 9.33. The van der Waals surface area contributed by atoms with E-state index in [2.05, 4.69) is 0 Å². The van der Waals surface area contributed by atoms with E-state index in [1.165, 1.54) is 42.5 Å². The molecule has 4 amide bonds. The summed E-state index contributed by atoms with van der Waals surface area (Å²) in [5.41, 5.74) is 0.112. The second-order valence-corrected chi connectivity index (χ2v) is 7.16. The van der Waals surface area contributed by atoms with Crippen molar-refractivity contribution in [2.45, 2.75) is 6.61 Å². The summed E-state index contributed by atoms with van der Waals surface area (Å²) in [5, 5.41) is 13.0. The van der Waals surface area contributed by atoms with Gasteiger partial charge in [0.1, 0.15) is 23.7 Å². The second-order valence-electron chi connectivity index (χ2n) is 7.16. The van der Waals surface area contributed by atoms with Crippen LogP contribution in [-0.2, 0) is 16.2 Å². The number of non-ortho nitro benzene ring substituents is 1. The molecule has 4 rings (SSSR count). The molecule has 0 saturated carbocycles. The van der Waals surface area contributed by atoms with Crippen LogP contribution in [0.25, 0.3) is 6.08 Å². The highest BCUT2D eigenvalue weighted by Gasteiger charge is 2.38. The third kappa shape index (κ3) is 4.51. The first kappa shape index (κ1) is 22.3. The molecule has 34 heavy (non-hydrogen) atoms. The van der Waals surface area contributed by atoms with E-state index in [0.717, 1.165) is 6.07 Å². The number of anilines is 1. The number of carbonyl (C=O) groups is 3. The van der Waals surface area contributed by atoms with Gasteiger partial charge in [-0.05, 0) is 29.8 Å². The summed E-state index contributed by atoms with van der Waals surface area (Å²) in [6.07, 6.45) is 1.24. The molecule has 0 bridgehead atoms. The van der Waals surface area contributed by atoms with E-state index in [9.17, 15) is 28.9 Å². The third-order valence-corrected chi connectivity index (χ3v) is 4.93. The van der Waals surface area contributed by atoms with Gasteiger partial charge >= 0.3 is 6.03 Å². The van der Waals surface area contributed by atoms with E-state index in [4.69, 9.17) is 4.74 Å². The van der Waals surface area contributed by atoms with Crippen molar-refractivity contribution in [2.75, 3.05) is 4.90 Å². The number of imide groups is 2. The number of nitro groups is 1. The lowest BCUT2D eigenvalue weighted by Gasteiger charge is -2.26. The zero-order valence-corrected chi connectivity index (χ0v) is 17.4. The zero-order chi connectivity index (χ0) is 24.2. The van der Waals surface area contributed by atoms with E-state index >= 15 is 0 Å². The predicted molar refractivity (Wildman–Crippen MR) is 119 cm³/mol. The summed E-state index contributed by atoms with van der Waals surface area (Å²) in [5.74, 6) is -2.44. The molecule has 0 aromatic heterocycles. The summed E-state index contributed by atoms with van der Waals surface area (Å²) in [6, 6.07) is 16.5. The average molecular weight is 461 g/mol.